The van der Waals surface area contributed by atoms with Gasteiger partial charge >= 0.3 is 0 Å². The molecule has 0 unspecified atom stereocenters. The van der Waals surface area contributed by atoms with Crippen molar-refractivity contribution in [3.63, 3.8) is 0 Å². The molecular weight excluding hydrogens is 597 g/mol. The molecule has 0 radical (unpaired) electrons. The SMILES string of the molecule is CC[C@@H](C(=O)NC(C)(C)C)N(Cc1ccc(Cl)c(Cl)c1)C(=O)CN(c1ccc(OC)cc1)S(=O)(=O)c1ccc(C)cc1. The summed E-state index contributed by atoms with van der Waals surface area (Å²) in [5.74, 6) is -0.386. The van der Waals surface area contributed by atoms with E-state index in [9.17, 15) is 18.0 Å². The number of carbonyl (C=O) groups is 2. The number of ether oxygens (including phenoxy) is 1. The van der Waals surface area contributed by atoms with Crippen LogP contribution in [0.5, 0.6) is 5.75 Å². The fourth-order valence-electron chi connectivity index (χ4n) is 4.32. The van der Waals surface area contributed by atoms with Gasteiger partial charge in [0.15, 0.2) is 0 Å². The number of amides is 2. The van der Waals surface area contributed by atoms with Crippen molar-refractivity contribution in [2.24, 2.45) is 0 Å². The number of nitrogens with one attached hydrogen (secondary N) is 1. The molecule has 3 aromatic rings. The van der Waals surface area contributed by atoms with Gasteiger partial charge in [0, 0.05) is 12.1 Å². The van der Waals surface area contributed by atoms with E-state index in [1.165, 1.54) is 24.1 Å². The number of rotatable bonds is 11. The van der Waals surface area contributed by atoms with Crippen molar-refractivity contribution in [1.82, 2.24) is 10.2 Å². The second-order valence-electron chi connectivity index (χ2n) is 11.0. The lowest BCUT2D eigenvalue weighted by molar-refractivity contribution is -0.141. The predicted molar refractivity (Wildman–Crippen MR) is 168 cm³/mol. The van der Waals surface area contributed by atoms with Gasteiger partial charge in [-0.25, -0.2) is 8.42 Å². The Morgan fingerprint density at radius 1 is 0.952 bits per heavy atom. The van der Waals surface area contributed by atoms with Gasteiger partial charge in [-0.2, -0.15) is 0 Å². The fraction of sp³-hybridized carbons (Fsp3) is 0.355. The number of nitrogens with zero attached hydrogens (tertiary/aromatic N) is 2. The highest BCUT2D eigenvalue weighted by molar-refractivity contribution is 7.92. The number of methoxy groups -OCH3 is 1. The molecule has 226 valence electrons. The van der Waals surface area contributed by atoms with E-state index in [0.29, 0.717) is 27.8 Å². The maximum absolute atomic E-state index is 14.2. The summed E-state index contributed by atoms with van der Waals surface area (Å²) in [7, 11) is -2.67. The molecule has 0 aliphatic carbocycles. The molecule has 42 heavy (non-hydrogen) atoms. The van der Waals surface area contributed by atoms with Gasteiger partial charge in [-0.05, 0) is 88.2 Å². The maximum atomic E-state index is 14.2. The summed E-state index contributed by atoms with van der Waals surface area (Å²) in [4.78, 5) is 29.0. The smallest absolute Gasteiger partial charge is 0.264 e. The lowest BCUT2D eigenvalue weighted by Crippen LogP contribution is -2.55. The molecule has 0 saturated heterocycles. The third-order valence-electron chi connectivity index (χ3n) is 6.47. The Bertz CT molecular complexity index is 1510. The lowest BCUT2D eigenvalue weighted by Gasteiger charge is -2.34. The number of hydrogen-bond acceptors (Lipinski definition) is 5. The van der Waals surface area contributed by atoms with Gasteiger partial charge in [-0.15, -0.1) is 0 Å². The minimum atomic E-state index is -4.18. The van der Waals surface area contributed by atoms with Crippen LogP contribution in [-0.2, 0) is 26.2 Å². The number of sulfonamides is 1. The van der Waals surface area contributed by atoms with Gasteiger partial charge in [-0.3, -0.25) is 13.9 Å². The summed E-state index contributed by atoms with van der Waals surface area (Å²) in [6.45, 7) is 8.66. The Hall–Kier alpha value is -3.27. The molecule has 2 amide bonds. The van der Waals surface area contributed by atoms with E-state index < -0.39 is 34.1 Å². The molecule has 0 bridgehead atoms. The molecule has 0 heterocycles. The first kappa shape index (κ1) is 33.2. The maximum Gasteiger partial charge on any atom is 0.264 e. The van der Waals surface area contributed by atoms with Crippen LogP contribution >= 0.6 is 23.2 Å². The van der Waals surface area contributed by atoms with E-state index >= 15 is 0 Å². The highest BCUT2D eigenvalue weighted by Gasteiger charge is 2.34. The van der Waals surface area contributed by atoms with Crippen molar-refractivity contribution >= 4 is 50.7 Å². The van der Waals surface area contributed by atoms with Crippen LogP contribution in [0.15, 0.2) is 71.6 Å². The zero-order valence-corrected chi connectivity index (χ0v) is 27.0. The Morgan fingerprint density at radius 2 is 1.57 bits per heavy atom. The van der Waals surface area contributed by atoms with Crippen LogP contribution < -0.4 is 14.4 Å². The summed E-state index contributed by atoms with van der Waals surface area (Å²) in [6.07, 6.45) is 0.294. The molecule has 0 aliphatic rings. The first-order chi connectivity index (χ1) is 19.7. The van der Waals surface area contributed by atoms with E-state index in [1.807, 2.05) is 27.7 Å². The molecule has 0 saturated carbocycles. The zero-order chi connectivity index (χ0) is 31.2. The van der Waals surface area contributed by atoms with Crippen molar-refractivity contribution in [3.05, 3.63) is 87.9 Å². The fourth-order valence-corrected chi connectivity index (χ4v) is 6.06. The molecule has 3 rings (SSSR count). The predicted octanol–water partition coefficient (Wildman–Crippen LogP) is 6.23. The molecule has 3 aromatic carbocycles. The van der Waals surface area contributed by atoms with Gasteiger partial charge in [0.05, 0.1) is 27.7 Å². The quantitative estimate of drug-likeness (QED) is 0.270. The van der Waals surface area contributed by atoms with Crippen molar-refractivity contribution in [2.75, 3.05) is 18.0 Å². The van der Waals surface area contributed by atoms with E-state index in [1.54, 1.807) is 61.5 Å². The van der Waals surface area contributed by atoms with Crippen molar-refractivity contribution in [3.8, 4) is 5.75 Å². The number of aryl methyl sites for hydroxylation is 1. The molecule has 1 atom stereocenters. The van der Waals surface area contributed by atoms with Crippen LogP contribution in [0, 0.1) is 6.92 Å². The number of carbonyl (C=O) groups excluding carboxylic acids is 2. The Labute approximate surface area is 258 Å². The van der Waals surface area contributed by atoms with E-state index in [-0.39, 0.29) is 23.0 Å². The summed E-state index contributed by atoms with van der Waals surface area (Å²) >= 11 is 12.4. The zero-order valence-electron chi connectivity index (χ0n) is 24.6. The summed E-state index contributed by atoms with van der Waals surface area (Å²) in [5.41, 5.74) is 1.25. The van der Waals surface area contributed by atoms with Crippen molar-refractivity contribution < 1.29 is 22.7 Å². The number of anilines is 1. The minimum Gasteiger partial charge on any atom is -0.497 e. The molecule has 8 nitrogen and oxygen atoms in total. The average Bonchev–Trinajstić information content (AvgIpc) is 2.92. The molecule has 0 spiro atoms. The first-order valence-electron chi connectivity index (χ1n) is 13.4. The molecular formula is C31H37Cl2N3O5S. The van der Waals surface area contributed by atoms with Gasteiger partial charge in [0.25, 0.3) is 10.0 Å². The summed E-state index contributed by atoms with van der Waals surface area (Å²) < 4.78 is 34.2. The van der Waals surface area contributed by atoms with Crippen LogP contribution in [0.25, 0.3) is 0 Å². The largest absolute Gasteiger partial charge is 0.497 e. The first-order valence-corrected chi connectivity index (χ1v) is 15.6. The third kappa shape index (κ3) is 8.40. The van der Waals surface area contributed by atoms with Crippen LogP contribution in [0.4, 0.5) is 5.69 Å². The second kappa shape index (κ2) is 13.8. The molecule has 0 aromatic heterocycles. The molecule has 11 heteroatoms. The second-order valence-corrected chi connectivity index (χ2v) is 13.6. The van der Waals surface area contributed by atoms with Crippen LogP contribution in [0.1, 0.15) is 45.2 Å². The standard InChI is InChI=1S/C31H37Cl2N3O5S/c1-7-28(30(38)34-31(3,4)5)35(19-22-10-17-26(32)27(33)18-22)29(37)20-36(23-11-13-24(41-6)14-12-23)42(39,40)25-15-8-21(2)9-16-25/h8-18,28H,7,19-20H2,1-6H3,(H,34,38)/t28-/m0/s1. The summed E-state index contributed by atoms with van der Waals surface area (Å²) in [5, 5.41) is 3.60. The third-order valence-corrected chi connectivity index (χ3v) is 9.00. The normalized spacial score (nSPS) is 12.4. The van der Waals surface area contributed by atoms with Crippen molar-refractivity contribution in [2.45, 2.75) is 64.1 Å². The highest BCUT2D eigenvalue weighted by atomic mass is 35.5. The molecule has 0 aliphatic heterocycles. The van der Waals surface area contributed by atoms with Gasteiger partial charge < -0.3 is 15.0 Å². The van der Waals surface area contributed by atoms with E-state index in [4.69, 9.17) is 27.9 Å². The van der Waals surface area contributed by atoms with Gasteiger partial charge in [0.1, 0.15) is 18.3 Å². The minimum absolute atomic E-state index is 0.00677. The highest BCUT2D eigenvalue weighted by Crippen LogP contribution is 2.28. The van der Waals surface area contributed by atoms with Crippen molar-refractivity contribution in [1.29, 1.82) is 0 Å². The number of benzene rings is 3. The van der Waals surface area contributed by atoms with Crippen LogP contribution in [0.2, 0.25) is 10.0 Å². The molecule has 0 fully saturated rings. The lowest BCUT2D eigenvalue weighted by atomic mass is 10.1. The van der Waals surface area contributed by atoms with Crippen LogP contribution in [0.3, 0.4) is 0 Å². The average molecular weight is 635 g/mol. The summed E-state index contributed by atoms with van der Waals surface area (Å²) in [6, 6.07) is 16.9. The van der Waals surface area contributed by atoms with Gasteiger partial charge in [-0.1, -0.05) is 53.9 Å². The monoisotopic (exact) mass is 633 g/mol. The number of hydrogen-bond donors (Lipinski definition) is 1. The molecule has 1 N–H and O–H groups in total. The Morgan fingerprint density at radius 3 is 2.10 bits per heavy atom. The number of halogens is 2. The Balaban J connectivity index is 2.09. The van der Waals surface area contributed by atoms with Gasteiger partial charge in [0.2, 0.25) is 11.8 Å². The topological polar surface area (TPSA) is 96.0 Å². The van der Waals surface area contributed by atoms with E-state index in [2.05, 4.69) is 5.32 Å². The van der Waals surface area contributed by atoms with Crippen LogP contribution in [-0.4, -0.2) is 50.4 Å². The van der Waals surface area contributed by atoms with E-state index in [0.717, 1.165) is 9.87 Å². The Kier molecular flexibility index (Phi) is 10.9.